The van der Waals surface area contributed by atoms with E-state index in [4.69, 9.17) is 14.2 Å². The monoisotopic (exact) mass is 280 g/mol. The molecule has 0 N–H and O–H groups in total. The predicted molar refractivity (Wildman–Crippen MR) is 69.6 cm³/mol. The van der Waals surface area contributed by atoms with Gasteiger partial charge in [-0.25, -0.2) is 4.79 Å². The zero-order valence-corrected chi connectivity index (χ0v) is 11.8. The van der Waals surface area contributed by atoms with Crippen molar-refractivity contribution < 1.29 is 23.8 Å². The van der Waals surface area contributed by atoms with Gasteiger partial charge in [0.25, 0.3) is 0 Å². The van der Waals surface area contributed by atoms with Crippen molar-refractivity contribution in [2.24, 2.45) is 23.7 Å². The summed E-state index contributed by atoms with van der Waals surface area (Å²) in [7, 11) is 1.64. The van der Waals surface area contributed by atoms with E-state index in [9.17, 15) is 9.59 Å². The van der Waals surface area contributed by atoms with Gasteiger partial charge >= 0.3 is 11.9 Å². The average Bonchev–Trinajstić information content (AvgIpc) is 2.83. The van der Waals surface area contributed by atoms with Crippen LogP contribution in [0, 0.1) is 23.7 Å². The van der Waals surface area contributed by atoms with Crippen LogP contribution >= 0.6 is 0 Å². The van der Waals surface area contributed by atoms with E-state index >= 15 is 0 Å². The van der Waals surface area contributed by atoms with E-state index in [-0.39, 0.29) is 41.8 Å². The number of carbonyl (C=O) groups excluding carboxylic acids is 2. The van der Waals surface area contributed by atoms with Crippen molar-refractivity contribution in [2.75, 3.05) is 13.7 Å². The van der Waals surface area contributed by atoms with E-state index in [2.05, 4.69) is 6.58 Å². The molecule has 0 radical (unpaired) electrons. The van der Waals surface area contributed by atoms with E-state index < -0.39 is 5.97 Å². The van der Waals surface area contributed by atoms with Crippen molar-refractivity contribution in [3.05, 3.63) is 12.2 Å². The number of carbonyl (C=O) groups is 2. The third-order valence-corrected chi connectivity index (χ3v) is 5.03. The summed E-state index contributed by atoms with van der Waals surface area (Å²) in [6.45, 7) is 5.71. The quantitative estimate of drug-likeness (QED) is 0.576. The van der Waals surface area contributed by atoms with Crippen LogP contribution in [0.2, 0.25) is 0 Å². The van der Waals surface area contributed by atoms with Crippen molar-refractivity contribution in [3.8, 4) is 0 Å². The second-order valence-corrected chi connectivity index (χ2v) is 6.08. The van der Waals surface area contributed by atoms with Crippen LogP contribution < -0.4 is 0 Å². The van der Waals surface area contributed by atoms with Gasteiger partial charge in [0.2, 0.25) is 0 Å². The van der Waals surface area contributed by atoms with Gasteiger partial charge in [0.1, 0.15) is 6.10 Å². The number of ether oxygens (including phenoxy) is 3. The first-order chi connectivity index (χ1) is 9.54. The molecule has 3 saturated carbocycles. The molecule has 0 aromatic carbocycles. The molecule has 3 aliphatic carbocycles. The molecule has 0 aromatic rings. The number of hydrogen-bond donors (Lipinski definition) is 0. The molecule has 5 heteroatoms. The molecule has 5 nitrogen and oxygen atoms in total. The number of fused-ring (bicyclic) bond motifs is 2. The number of cyclic esters (lactones) is 1. The summed E-state index contributed by atoms with van der Waals surface area (Å²) in [5.74, 6) is -0.241. The summed E-state index contributed by atoms with van der Waals surface area (Å²) in [4.78, 5) is 23.8. The molecule has 4 rings (SSSR count). The SMILES string of the molecule is C=C(C)C(=O)OC1C2CCC(C3COC(=O)C32)C1OC. The molecule has 110 valence electrons. The molecule has 6 unspecified atom stereocenters. The van der Waals surface area contributed by atoms with Crippen molar-refractivity contribution >= 4 is 11.9 Å². The van der Waals surface area contributed by atoms with Crippen LogP contribution in [0.25, 0.3) is 0 Å². The number of hydrogen-bond acceptors (Lipinski definition) is 5. The van der Waals surface area contributed by atoms with Gasteiger partial charge in [-0.15, -0.1) is 0 Å². The smallest absolute Gasteiger partial charge is 0.333 e. The molecule has 1 heterocycles. The Labute approximate surface area is 118 Å². The fourth-order valence-corrected chi connectivity index (χ4v) is 4.17. The van der Waals surface area contributed by atoms with Gasteiger partial charge in [0.15, 0.2) is 0 Å². The minimum absolute atomic E-state index is 0.00764. The van der Waals surface area contributed by atoms with Crippen molar-refractivity contribution in [2.45, 2.75) is 32.0 Å². The van der Waals surface area contributed by atoms with Gasteiger partial charge in [-0.3, -0.25) is 4.79 Å². The topological polar surface area (TPSA) is 61.8 Å². The van der Waals surface area contributed by atoms with Crippen LogP contribution in [0.5, 0.6) is 0 Å². The Morgan fingerprint density at radius 1 is 1.25 bits per heavy atom. The normalized spacial score (nSPS) is 42.0. The zero-order chi connectivity index (χ0) is 14.4. The molecule has 0 spiro atoms. The second-order valence-electron chi connectivity index (χ2n) is 6.08. The molecular weight excluding hydrogens is 260 g/mol. The number of methoxy groups -OCH3 is 1. The van der Waals surface area contributed by atoms with E-state index in [0.717, 1.165) is 12.8 Å². The Morgan fingerprint density at radius 3 is 2.60 bits per heavy atom. The lowest BCUT2D eigenvalue weighted by atomic mass is 9.57. The van der Waals surface area contributed by atoms with E-state index in [1.165, 1.54) is 0 Å². The maximum atomic E-state index is 11.9. The molecule has 1 saturated heterocycles. The maximum Gasteiger partial charge on any atom is 0.333 e. The standard InChI is InChI=1S/C15H20O5/c1-7(2)14(16)20-13-9-5-4-8(12(13)18-3)10-6-19-15(17)11(9)10/h8-13H,1,4-6H2,2-3H3. The van der Waals surface area contributed by atoms with E-state index in [1.54, 1.807) is 14.0 Å². The van der Waals surface area contributed by atoms with Gasteiger partial charge in [-0.1, -0.05) is 6.58 Å². The number of esters is 2. The Balaban J connectivity index is 1.87. The van der Waals surface area contributed by atoms with Crippen molar-refractivity contribution in [3.63, 3.8) is 0 Å². The summed E-state index contributed by atoms with van der Waals surface area (Å²) in [6.07, 6.45) is 1.37. The van der Waals surface area contributed by atoms with E-state index in [1.807, 2.05) is 0 Å². The predicted octanol–water partition coefficient (Wildman–Crippen LogP) is 1.32. The first-order valence-corrected chi connectivity index (χ1v) is 7.10. The van der Waals surface area contributed by atoms with Crippen molar-refractivity contribution in [1.82, 2.24) is 0 Å². The van der Waals surface area contributed by atoms with Crippen LogP contribution in [-0.2, 0) is 23.8 Å². The minimum Gasteiger partial charge on any atom is -0.465 e. The van der Waals surface area contributed by atoms with Crippen LogP contribution in [0.3, 0.4) is 0 Å². The molecule has 1 aliphatic heterocycles. The first kappa shape index (κ1) is 13.6. The average molecular weight is 280 g/mol. The van der Waals surface area contributed by atoms with Gasteiger partial charge in [-0.05, 0) is 25.7 Å². The maximum absolute atomic E-state index is 11.9. The van der Waals surface area contributed by atoms with Crippen LogP contribution in [-0.4, -0.2) is 37.9 Å². The Morgan fingerprint density at radius 2 is 1.95 bits per heavy atom. The first-order valence-electron chi connectivity index (χ1n) is 7.10. The summed E-state index contributed by atoms with van der Waals surface area (Å²) in [6, 6.07) is 0. The largest absolute Gasteiger partial charge is 0.465 e. The fraction of sp³-hybridized carbons (Fsp3) is 0.733. The molecule has 4 fully saturated rings. The lowest BCUT2D eigenvalue weighted by Gasteiger charge is -2.51. The Kier molecular flexibility index (Phi) is 3.32. The van der Waals surface area contributed by atoms with Crippen LogP contribution in [0.4, 0.5) is 0 Å². The summed E-state index contributed by atoms with van der Waals surface area (Å²) in [5.41, 5.74) is 0.367. The molecule has 0 amide bonds. The van der Waals surface area contributed by atoms with Crippen molar-refractivity contribution in [1.29, 1.82) is 0 Å². The van der Waals surface area contributed by atoms with Gasteiger partial charge < -0.3 is 14.2 Å². The second kappa shape index (κ2) is 4.88. The highest BCUT2D eigenvalue weighted by Crippen LogP contribution is 2.53. The lowest BCUT2D eigenvalue weighted by molar-refractivity contribution is -0.194. The summed E-state index contributed by atoms with van der Waals surface area (Å²) in [5, 5.41) is 0. The Bertz CT molecular complexity index is 457. The highest BCUT2D eigenvalue weighted by Gasteiger charge is 2.61. The molecule has 0 aromatic heterocycles. The highest BCUT2D eigenvalue weighted by atomic mass is 16.6. The molecule has 20 heavy (non-hydrogen) atoms. The van der Waals surface area contributed by atoms with Crippen LogP contribution in [0.1, 0.15) is 19.8 Å². The molecule has 4 aliphatic rings. The molecule has 6 atom stereocenters. The van der Waals surface area contributed by atoms with Gasteiger partial charge in [0.05, 0.1) is 18.6 Å². The summed E-state index contributed by atoms with van der Waals surface area (Å²) < 4.78 is 16.4. The molecular formula is C15H20O5. The molecule has 2 bridgehead atoms. The lowest BCUT2D eigenvalue weighted by Crippen LogP contribution is -2.59. The van der Waals surface area contributed by atoms with Crippen LogP contribution in [0.15, 0.2) is 12.2 Å². The van der Waals surface area contributed by atoms with Gasteiger partial charge in [0, 0.05) is 24.5 Å². The third-order valence-electron chi connectivity index (χ3n) is 5.03. The summed E-state index contributed by atoms with van der Waals surface area (Å²) >= 11 is 0. The number of rotatable bonds is 3. The highest BCUT2D eigenvalue weighted by molar-refractivity contribution is 5.87. The zero-order valence-electron chi connectivity index (χ0n) is 11.8. The minimum atomic E-state index is -0.410. The Hall–Kier alpha value is -1.36. The third kappa shape index (κ3) is 1.87. The fourth-order valence-electron chi connectivity index (χ4n) is 4.17. The van der Waals surface area contributed by atoms with Gasteiger partial charge in [-0.2, -0.15) is 0 Å². The van der Waals surface area contributed by atoms with E-state index in [0.29, 0.717) is 12.2 Å².